The van der Waals surface area contributed by atoms with Crippen molar-refractivity contribution in [3.63, 3.8) is 0 Å². The summed E-state index contributed by atoms with van der Waals surface area (Å²) in [5.74, 6) is -1.67. The zero-order chi connectivity index (χ0) is 36.3. The van der Waals surface area contributed by atoms with E-state index in [9.17, 15) is 19.2 Å². The Labute approximate surface area is 305 Å². The highest BCUT2D eigenvalue weighted by Gasteiger charge is 2.23. The molecule has 0 saturated carbocycles. The Morgan fingerprint density at radius 1 is 0.863 bits per heavy atom. The van der Waals surface area contributed by atoms with E-state index in [1.807, 2.05) is 92.0 Å². The van der Waals surface area contributed by atoms with Crippen LogP contribution in [0.2, 0.25) is 0 Å². The van der Waals surface area contributed by atoms with Crippen molar-refractivity contribution in [1.82, 2.24) is 5.32 Å². The molecule has 3 amide bonds. The summed E-state index contributed by atoms with van der Waals surface area (Å²) in [6.45, 7) is 3.94. The minimum atomic E-state index is -0.510. The number of aryl methyl sites for hydroxylation is 1. The Kier molecular flexibility index (Phi) is 12.4. The third-order valence-corrected chi connectivity index (χ3v) is 9.49. The molecule has 0 aliphatic heterocycles. The Balaban J connectivity index is 1.28. The van der Waals surface area contributed by atoms with Gasteiger partial charge in [0.15, 0.2) is 0 Å². The highest BCUT2D eigenvalue weighted by molar-refractivity contribution is 8.00. The summed E-state index contributed by atoms with van der Waals surface area (Å²) in [4.78, 5) is 55.4. The predicted octanol–water partition coefficient (Wildman–Crippen LogP) is 8.11. The van der Waals surface area contributed by atoms with Gasteiger partial charge in [0.1, 0.15) is 16.3 Å². The number of hydrogen-bond acceptors (Lipinski definition) is 8. The van der Waals surface area contributed by atoms with Crippen LogP contribution in [0.25, 0.3) is 17.2 Å². The minimum absolute atomic E-state index is 0.0542. The zero-order valence-electron chi connectivity index (χ0n) is 28.7. The second-order valence-electron chi connectivity index (χ2n) is 11.6. The van der Waals surface area contributed by atoms with Crippen LogP contribution >= 0.6 is 23.1 Å². The van der Waals surface area contributed by atoms with Gasteiger partial charge >= 0.3 is 5.97 Å². The van der Waals surface area contributed by atoms with Crippen LogP contribution in [0.4, 0.5) is 16.4 Å². The third-order valence-electron chi connectivity index (χ3n) is 7.60. The van der Waals surface area contributed by atoms with E-state index >= 15 is 0 Å². The molecule has 4 aromatic carbocycles. The maximum Gasteiger partial charge on any atom is 0.341 e. The molecular formula is C40H38N4O5S2. The number of esters is 1. The lowest BCUT2D eigenvalue weighted by molar-refractivity contribution is -0.114. The van der Waals surface area contributed by atoms with E-state index < -0.39 is 17.8 Å². The van der Waals surface area contributed by atoms with Crippen LogP contribution in [0.5, 0.6) is 0 Å². The molecule has 9 nitrogen and oxygen atoms in total. The highest BCUT2D eigenvalue weighted by Crippen LogP contribution is 2.36. The van der Waals surface area contributed by atoms with Crippen LogP contribution in [0.15, 0.2) is 119 Å². The molecule has 0 atom stereocenters. The highest BCUT2D eigenvalue weighted by atomic mass is 32.2. The Bertz CT molecular complexity index is 2040. The van der Waals surface area contributed by atoms with Gasteiger partial charge in [-0.05, 0) is 73.5 Å². The van der Waals surface area contributed by atoms with Gasteiger partial charge in [0.25, 0.3) is 11.8 Å². The van der Waals surface area contributed by atoms with E-state index in [0.29, 0.717) is 27.4 Å². The molecule has 0 aliphatic carbocycles. The Hall–Kier alpha value is -5.65. The number of rotatable bonds is 13. The first-order chi connectivity index (χ1) is 24.6. The first kappa shape index (κ1) is 36.6. The SMILES string of the molecule is CCOC(=O)c1c(-c2ccc(C)cc2)csc1NC(=O)CSc1cccc(NC(=O)/C(=C\c2ccc(N(C)C)cc2)NC(=O)c2ccccc2)c1. The molecular weight excluding hydrogens is 681 g/mol. The third kappa shape index (κ3) is 9.96. The van der Waals surface area contributed by atoms with Gasteiger partial charge in [0.05, 0.1) is 12.4 Å². The van der Waals surface area contributed by atoms with Crippen LogP contribution in [0, 0.1) is 6.92 Å². The van der Waals surface area contributed by atoms with Gasteiger partial charge in [0, 0.05) is 46.9 Å². The lowest BCUT2D eigenvalue weighted by Crippen LogP contribution is -2.30. The number of thiophene rings is 1. The number of nitrogens with zero attached hydrogens (tertiary/aromatic N) is 1. The summed E-state index contributed by atoms with van der Waals surface area (Å²) in [6.07, 6.45) is 1.62. The average molecular weight is 719 g/mol. The van der Waals surface area contributed by atoms with Crippen molar-refractivity contribution < 1.29 is 23.9 Å². The van der Waals surface area contributed by atoms with Crippen molar-refractivity contribution >= 4 is 69.2 Å². The summed E-state index contributed by atoms with van der Waals surface area (Å²) in [6, 6.07) is 31.2. The fraction of sp³-hybridized carbons (Fsp3) is 0.150. The van der Waals surface area contributed by atoms with Crippen LogP contribution in [-0.2, 0) is 14.3 Å². The molecule has 1 heterocycles. The molecule has 260 valence electrons. The van der Waals surface area contributed by atoms with Gasteiger partial charge in [-0.25, -0.2) is 4.79 Å². The molecule has 5 rings (SSSR count). The first-order valence-electron chi connectivity index (χ1n) is 16.2. The van der Waals surface area contributed by atoms with Gasteiger partial charge in [0.2, 0.25) is 5.91 Å². The van der Waals surface area contributed by atoms with Gasteiger partial charge in [-0.2, -0.15) is 0 Å². The zero-order valence-corrected chi connectivity index (χ0v) is 30.3. The molecule has 51 heavy (non-hydrogen) atoms. The second-order valence-corrected chi connectivity index (χ2v) is 13.6. The number of carbonyl (C=O) groups is 4. The first-order valence-corrected chi connectivity index (χ1v) is 18.0. The molecule has 0 aliphatic rings. The number of thioether (sulfide) groups is 1. The molecule has 0 unspecified atom stereocenters. The molecule has 11 heteroatoms. The molecule has 0 saturated heterocycles. The van der Waals surface area contributed by atoms with Crippen LogP contribution in [0.1, 0.15) is 38.8 Å². The van der Waals surface area contributed by atoms with E-state index in [1.54, 1.807) is 55.5 Å². The monoisotopic (exact) mass is 718 g/mol. The van der Waals surface area contributed by atoms with Crippen molar-refractivity contribution in [1.29, 1.82) is 0 Å². The molecule has 0 radical (unpaired) electrons. The quantitative estimate of drug-likeness (QED) is 0.0640. The molecule has 1 aromatic heterocycles. The number of amides is 3. The Morgan fingerprint density at radius 3 is 2.27 bits per heavy atom. The van der Waals surface area contributed by atoms with E-state index in [4.69, 9.17) is 4.74 Å². The molecule has 0 spiro atoms. The maximum atomic E-state index is 13.6. The molecule has 5 aromatic rings. The molecule has 0 fully saturated rings. The lowest BCUT2D eigenvalue weighted by Gasteiger charge is -2.14. The Morgan fingerprint density at radius 2 is 1.59 bits per heavy atom. The van der Waals surface area contributed by atoms with Gasteiger partial charge < -0.3 is 25.6 Å². The van der Waals surface area contributed by atoms with Crippen LogP contribution < -0.4 is 20.9 Å². The summed E-state index contributed by atoms with van der Waals surface area (Å²) in [7, 11) is 3.88. The van der Waals surface area contributed by atoms with Crippen molar-refractivity contribution in [2.24, 2.45) is 0 Å². The number of anilines is 3. The van der Waals surface area contributed by atoms with Gasteiger partial charge in [-0.15, -0.1) is 23.1 Å². The number of benzene rings is 4. The van der Waals surface area contributed by atoms with Crippen molar-refractivity contribution in [3.05, 3.63) is 136 Å². The average Bonchev–Trinajstić information content (AvgIpc) is 3.55. The number of nitrogens with one attached hydrogen (secondary N) is 3. The maximum absolute atomic E-state index is 13.6. The summed E-state index contributed by atoms with van der Waals surface area (Å²) < 4.78 is 5.32. The molecule has 0 bridgehead atoms. The van der Waals surface area contributed by atoms with E-state index in [1.165, 1.54) is 23.1 Å². The van der Waals surface area contributed by atoms with E-state index in [2.05, 4.69) is 16.0 Å². The number of ether oxygens (including phenoxy) is 1. The topological polar surface area (TPSA) is 117 Å². The molecule has 3 N–H and O–H groups in total. The fourth-order valence-corrected chi connectivity index (χ4v) is 6.68. The largest absolute Gasteiger partial charge is 0.462 e. The second kappa shape index (κ2) is 17.3. The van der Waals surface area contributed by atoms with Crippen LogP contribution in [-0.4, -0.2) is 50.1 Å². The number of hydrogen-bond donors (Lipinski definition) is 3. The summed E-state index contributed by atoms with van der Waals surface area (Å²) in [5, 5.41) is 10.8. The van der Waals surface area contributed by atoms with E-state index in [0.717, 1.165) is 27.3 Å². The standard InChI is InChI=1S/C40H38N4O5S2/c1-5-49-40(48)36-33(28-18-14-26(2)15-19-28)24-51-39(36)43-35(45)25-50-32-13-9-12-30(23-32)41-38(47)34(42-37(46)29-10-7-6-8-11-29)22-27-16-20-31(21-17-27)44(3)4/h6-24H,5,25H2,1-4H3,(H,41,47)(H,42,46)(H,43,45)/b34-22+. The van der Waals surface area contributed by atoms with Crippen molar-refractivity contribution in [2.45, 2.75) is 18.7 Å². The number of carbonyl (C=O) groups excluding carboxylic acids is 4. The van der Waals surface area contributed by atoms with Crippen molar-refractivity contribution in [3.8, 4) is 11.1 Å². The predicted molar refractivity (Wildman–Crippen MR) is 208 cm³/mol. The lowest BCUT2D eigenvalue weighted by atomic mass is 10.0. The van der Waals surface area contributed by atoms with Crippen LogP contribution in [0.3, 0.4) is 0 Å². The van der Waals surface area contributed by atoms with Gasteiger partial charge in [-0.1, -0.05) is 66.2 Å². The summed E-state index contributed by atoms with van der Waals surface area (Å²) >= 11 is 2.55. The minimum Gasteiger partial charge on any atom is -0.462 e. The van der Waals surface area contributed by atoms with Gasteiger partial charge in [-0.3, -0.25) is 14.4 Å². The van der Waals surface area contributed by atoms with E-state index in [-0.39, 0.29) is 24.0 Å². The van der Waals surface area contributed by atoms with Crippen molar-refractivity contribution in [2.75, 3.05) is 42.0 Å². The smallest absolute Gasteiger partial charge is 0.341 e. The normalized spacial score (nSPS) is 11.0. The fourth-order valence-electron chi connectivity index (χ4n) is 4.95. The summed E-state index contributed by atoms with van der Waals surface area (Å²) in [5.41, 5.74) is 5.67.